The number of hydrogen-bond donors (Lipinski definition) is 1. The standard InChI is InChI=1S/C57H44N5O4.2BrH/c1-2-62-52-24-22-46-30-50(52)51-31-47(23-25-53(51)62)56(64)45-20-12-41(13-21-45)35-61-29-27-59(37-61)33-39-8-16-43(17-9-39)49-5-3-4-48(54(49)57(65)66)42-14-6-38(7-15-42)32-58-26-28-60(36-58)34-40-10-18-44(19-11-40)55(46)63;;/h3-31,36-37H,2,32-35H2,1H3;2*1H/q+1;;/p-1. The number of carboxylic acid groups (broad SMARTS) is 1. The van der Waals surface area contributed by atoms with Gasteiger partial charge in [-0.25, -0.2) is 23.1 Å². The highest BCUT2D eigenvalue weighted by atomic mass is 79.9. The number of aryl methyl sites for hydroxylation is 1. The quantitative estimate of drug-likeness (QED) is 0.266. The molecule has 0 atom stereocenters. The summed E-state index contributed by atoms with van der Waals surface area (Å²) >= 11 is 0. The van der Waals surface area contributed by atoms with E-state index in [4.69, 9.17) is 0 Å². The van der Waals surface area contributed by atoms with Crippen LogP contribution in [-0.2, 0) is 32.7 Å². The first kappa shape index (κ1) is 45.7. The van der Waals surface area contributed by atoms with Crippen molar-refractivity contribution in [1.29, 1.82) is 0 Å². The number of ketones is 2. The van der Waals surface area contributed by atoms with E-state index in [1.807, 2.05) is 152 Å². The molecule has 9 nitrogen and oxygen atoms in total. The van der Waals surface area contributed by atoms with Gasteiger partial charge in [-0.1, -0.05) is 115 Å². The molecule has 11 heteroatoms. The maximum absolute atomic E-state index is 14.0. The van der Waals surface area contributed by atoms with Crippen LogP contribution in [0.5, 0.6) is 0 Å². The fraction of sp³-hybridized carbons (Fsp3) is 0.105. The van der Waals surface area contributed by atoms with Crippen molar-refractivity contribution in [3.05, 3.63) is 239 Å². The molecule has 0 amide bonds. The maximum Gasteiger partial charge on any atom is 0.336 e. The zero-order valence-corrected chi connectivity index (χ0v) is 40.3. The molecule has 1 N–H and O–H groups in total. The van der Waals surface area contributed by atoms with Crippen LogP contribution in [0.3, 0.4) is 0 Å². The van der Waals surface area contributed by atoms with E-state index in [-0.39, 0.29) is 51.1 Å². The number of carbonyl (C=O) groups is 3. The van der Waals surface area contributed by atoms with Crippen molar-refractivity contribution in [2.24, 2.45) is 0 Å². The molecule has 0 fully saturated rings. The third-order valence-corrected chi connectivity index (χ3v) is 12.9. The lowest BCUT2D eigenvalue weighted by atomic mass is 9.91. The number of nitrogens with zero attached hydrogens (tertiary/aromatic N) is 5. The van der Waals surface area contributed by atoms with Crippen molar-refractivity contribution in [1.82, 2.24) is 13.7 Å². The van der Waals surface area contributed by atoms with Gasteiger partial charge in [0.15, 0.2) is 11.6 Å². The number of rotatable bonds is 2. The number of halogens is 2. The summed E-state index contributed by atoms with van der Waals surface area (Å²) in [5.74, 6) is -1.09. The molecule has 8 heterocycles. The lowest BCUT2D eigenvalue weighted by Gasteiger charge is -2.13. The Bertz CT molecular complexity index is 3290. The summed E-state index contributed by atoms with van der Waals surface area (Å²) in [5, 5.41) is 12.4. The number of fused-ring (bicyclic) bond motifs is 4. The Morgan fingerprint density at radius 1 is 0.515 bits per heavy atom. The van der Waals surface area contributed by atoms with Crippen molar-refractivity contribution in [3.8, 4) is 22.3 Å². The normalized spacial score (nSPS) is 12.5. The molecule has 5 aliphatic rings. The molecule has 68 heavy (non-hydrogen) atoms. The molecule has 18 bridgehead atoms. The van der Waals surface area contributed by atoms with Crippen LogP contribution in [0.4, 0.5) is 0 Å². The molecule has 0 unspecified atom stereocenters. The molecule has 7 aromatic carbocycles. The number of carbonyl (C=O) groups excluding carboxylic acids is 2. The van der Waals surface area contributed by atoms with Crippen molar-refractivity contribution >= 4 is 39.3 Å². The van der Waals surface area contributed by atoms with E-state index in [2.05, 4.69) is 66.7 Å². The van der Waals surface area contributed by atoms with Crippen molar-refractivity contribution in [2.75, 3.05) is 0 Å². The first-order valence-electron chi connectivity index (χ1n) is 22.2. The van der Waals surface area contributed by atoms with Gasteiger partial charge in [-0.05, 0) is 87.8 Å². The van der Waals surface area contributed by atoms with Gasteiger partial charge in [-0.2, -0.15) is 0 Å². The Hall–Kier alpha value is -7.47. The molecule has 0 saturated heterocycles. The Morgan fingerprint density at radius 2 is 0.897 bits per heavy atom. The van der Waals surface area contributed by atoms with Gasteiger partial charge in [0.2, 0.25) is 12.7 Å². The number of hydrogen-bond acceptors (Lipinski definition) is 3. The lowest BCUT2D eigenvalue weighted by Crippen LogP contribution is -3.00. The lowest BCUT2D eigenvalue weighted by molar-refractivity contribution is -0.688. The van der Waals surface area contributed by atoms with Crippen LogP contribution in [0.1, 0.15) is 71.4 Å². The van der Waals surface area contributed by atoms with Crippen LogP contribution < -0.4 is 43.1 Å². The van der Waals surface area contributed by atoms with Gasteiger partial charge in [0.25, 0.3) is 0 Å². The van der Waals surface area contributed by atoms with Crippen LogP contribution in [0.25, 0.3) is 44.1 Å². The molecule has 0 radical (unpaired) electrons. The molecule has 0 aliphatic carbocycles. The second-order valence-corrected chi connectivity index (χ2v) is 17.2. The number of carboxylic acids is 1. The zero-order chi connectivity index (χ0) is 44.9. The molecule has 15 rings (SSSR count). The van der Waals surface area contributed by atoms with Crippen LogP contribution in [0, 0.1) is 0 Å². The molecule has 336 valence electrons. The van der Waals surface area contributed by atoms with Crippen molar-refractivity contribution in [3.63, 3.8) is 0 Å². The van der Waals surface area contributed by atoms with Gasteiger partial charge in [0.05, 0.1) is 5.56 Å². The molecular weight excluding hydrogens is 978 g/mol. The summed E-state index contributed by atoms with van der Waals surface area (Å²) in [6.07, 6.45) is 12.3. The third kappa shape index (κ3) is 8.78. The summed E-state index contributed by atoms with van der Waals surface area (Å²) in [5.41, 5.74) is 12.0. The molecular formula is C57H45Br2N5O4. The predicted octanol–water partition coefficient (Wildman–Crippen LogP) is 4.00. The molecule has 0 spiro atoms. The summed E-state index contributed by atoms with van der Waals surface area (Å²) in [6, 6.07) is 49.2. The first-order valence-corrected chi connectivity index (χ1v) is 22.2. The number of aromatic nitrogens is 5. The van der Waals surface area contributed by atoms with Crippen LogP contribution in [-0.4, -0.2) is 36.3 Å². The minimum absolute atomic E-state index is 0. The Kier molecular flexibility index (Phi) is 12.8. The van der Waals surface area contributed by atoms with Crippen molar-refractivity contribution < 1.29 is 62.6 Å². The maximum atomic E-state index is 14.0. The molecule has 3 aromatic heterocycles. The van der Waals surface area contributed by atoms with E-state index < -0.39 is 5.97 Å². The summed E-state index contributed by atoms with van der Waals surface area (Å²) in [7, 11) is 0. The summed E-state index contributed by atoms with van der Waals surface area (Å²) in [4.78, 5) is 40.8. The second kappa shape index (κ2) is 19.0. The third-order valence-electron chi connectivity index (χ3n) is 12.9. The average molecular weight is 1020 g/mol. The predicted molar refractivity (Wildman–Crippen MR) is 255 cm³/mol. The molecule has 5 aliphatic heterocycles. The van der Waals surface area contributed by atoms with E-state index in [1.165, 1.54) is 0 Å². The fourth-order valence-electron chi connectivity index (χ4n) is 9.52. The van der Waals surface area contributed by atoms with Gasteiger partial charge in [0.1, 0.15) is 51.0 Å². The van der Waals surface area contributed by atoms with E-state index in [9.17, 15) is 19.5 Å². The highest BCUT2D eigenvalue weighted by molar-refractivity contribution is 6.17. The van der Waals surface area contributed by atoms with Gasteiger partial charge < -0.3 is 43.6 Å². The average Bonchev–Trinajstić information content (AvgIpc) is 4.08. The van der Waals surface area contributed by atoms with Gasteiger partial charge >= 0.3 is 5.97 Å². The number of benzene rings is 7. The highest BCUT2D eigenvalue weighted by Gasteiger charge is 2.21. The van der Waals surface area contributed by atoms with Crippen molar-refractivity contribution in [2.45, 2.75) is 39.6 Å². The van der Waals surface area contributed by atoms with Crippen LogP contribution in [0.2, 0.25) is 0 Å². The minimum Gasteiger partial charge on any atom is -1.00 e. The van der Waals surface area contributed by atoms with Crippen LogP contribution >= 0.6 is 0 Å². The SMILES string of the molecule is CCn1c2ccc3cc2c2cc(ccc21)C(=O)c1ccc(cc1)Cn1cc[n+](c1)Cc1ccc(cc1)-c1cccc(c1C(=O)O)-c1ccc(cc1)C[n+]1ccn(c1)Cc1ccc(cc1)C3=O.[Br-].[Br-]. The zero-order valence-electron chi connectivity index (χ0n) is 37.1. The molecule has 10 aromatic rings. The van der Waals surface area contributed by atoms with Crippen LogP contribution in [0.15, 0.2) is 189 Å². The van der Waals surface area contributed by atoms with E-state index in [0.717, 1.165) is 61.7 Å². The first-order chi connectivity index (χ1) is 32.2. The van der Waals surface area contributed by atoms with E-state index >= 15 is 0 Å². The summed E-state index contributed by atoms with van der Waals surface area (Å²) in [6.45, 7) is 5.42. The Morgan fingerprint density at radius 3 is 1.29 bits per heavy atom. The Labute approximate surface area is 414 Å². The second-order valence-electron chi connectivity index (χ2n) is 17.2. The largest absolute Gasteiger partial charge is 1.00 e. The van der Waals surface area contributed by atoms with E-state index in [0.29, 0.717) is 59.6 Å². The number of imidazole rings is 2. The topological polar surface area (TPSA) is 94.0 Å². The Balaban J connectivity index is 0.00000289. The molecule has 0 saturated carbocycles. The van der Waals surface area contributed by atoms with Gasteiger partial charge in [-0.3, -0.25) is 9.59 Å². The highest BCUT2D eigenvalue weighted by Crippen LogP contribution is 2.34. The fourth-order valence-corrected chi connectivity index (χ4v) is 9.52. The minimum atomic E-state index is -0.972. The van der Waals surface area contributed by atoms with E-state index in [1.54, 1.807) is 0 Å². The monoisotopic (exact) mass is 1020 g/mol. The van der Waals surface area contributed by atoms with Gasteiger partial charge in [-0.15, -0.1) is 0 Å². The van der Waals surface area contributed by atoms with Gasteiger partial charge in [0, 0.05) is 50.6 Å². The number of aromatic carboxylic acids is 1. The smallest absolute Gasteiger partial charge is 0.336 e. The summed E-state index contributed by atoms with van der Waals surface area (Å²) < 4.78 is 10.7.